The lowest BCUT2D eigenvalue weighted by molar-refractivity contribution is -0.117. The summed E-state index contributed by atoms with van der Waals surface area (Å²) < 4.78 is 0. The Labute approximate surface area is 130 Å². The van der Waals surface area contributed by atoms with E-state index < -0.39 is 11.9 Å². The number of amides is 1. The normalized spacial score (nSPS) is 43.8. The average molecular weight is 305 g/mol. The quantitative estimate of drug-likeness (QED) is 0.296. The Morgan fingerprint density at radius 2 is 1.95 bits per heavy atom. The Morgan fingerprint density at radius 1 is 1.23 bits per heavy atom. The highest BCUT2D eigenvalue weighted by molar-refractivity contribution is 6.26. The van der Waals surface area contributed by atoms with Gasteiger partial charge in [0.1, 0.15) is 11.3 Å². The molecule has 3 N–H and O–H groups in total. The van der Waals surface area contributed by atoms with Crippen LogP contribution in [-0.2, 0) is 9.59 Å². The van der Waals surface area contributed by atoms with Crippen molar-refractivity contribution < 1.29 is 19.8 Å². The Hall–Kier alpha value is -1.62. The molecule has 6 atom stereocenters. The zero-order chi connectivity index (χ0) is 16.0. The summed E-state index contributed by atoms with van der Waals surface area (Å²) in [5.74, 6) is -0.633. The zero-order valence-corrected chi connectivity index (χ0v) is 13.0. The number of aliphatic hydroxyl groups excluding tert-OH is 2. The summed E-state index contributed by atoms with van der Waals surface area (Å²) in [6.07, 6.45) is 6.04. The summed E-state index contributed by atoms with van der Waals surface area (Å²) in [5, 5.41) is 23.1. The highest BCUT2D eigenvalue weighted by Crippen LogP contribution is 2.46. The molecule has 1 saturated heterocycles. The van der Waals surface area contributed by atoms with Crippen LogP contribution in [0.15, 0.2) is 23.5 Å². The summed E-state index contributed by atoms with van der Waals surface area (Å²) in [4.78, 5) is 24.1. The largest absolute Gasteiger partial charge is 0.511 e. The minimum atomic E-state index is -0.567. The van der Waals surface area contributed by atoms with E-state index in [1.54, 1.807) is 6.92 Å². The number of aliphatic hydroxyl groups is 2. The van der Waals surface area contributed by atoms with Gasteiger partial charge in [-0.3, -0.25) is 9.59 Å². The van der Waals surface area contributed by atoms with Gasteiger partial charge in [0.25, 0.3) is 5.91 Å². The second-order valence-corrected chi connectivity index (χ2v) is 6.88. The number of fused-ring (bicyclic) bond motifs is 1. The Balaban J connectivity index is 1.97. The lowest BCUT2D eigenvalue weighted by atomic mass is 9.63. The summed E-state index contributed by atoms with van der Waals surface area (Å²) in [5.41, 5.74) is -0.0653. The molecule has 1 aliphatic heterocycles. The smallest absolute Gasteiger partial charge is 0.259 e. The van der Waals surface area contributed by atoms with Crippen molar-refractivity contribution in [1.29, 1.82) is 0 Å². The predicted molar refractivity (Wildman–Crippen MR) is 80.9 cm³/mol. The van der Waals surface area contributed by atoms with Gasteiger partial charge in [0.05, 0.1) is 12.1 Å². The molecule has 0 bridgehead atoms. The van der Waals surface area contributed by atoms with Gasteiger partial charge in [-0.25, -0.2) is 0 Å². The van der Waals surface area contributed by atoms with Crippen LogP contribution in [0.25, 0.3) is 0 Å². The van der Waals surface area contributed by atoms with Crippen molar-refractivity contribution in [3.8, 4) is 0 Å². The van der Waals surface area contributed by atoms with Crippen LogP contribution < -0.4 is 5.32 Å². The number of hydrogen-bond donors (Lipinski definition) is 3. The molecule has 0 aromatic heterocycles. The number of Topliss-reactive ketones (excluding diaryl/α,β-unsaturated/α-hetero) is 1. The molecule has 0 radical (unpaired) electrons. The van der Waals surface area contributed by atoms with E-state index in [9.17, 15) is 19.8 Å². The van der Waals surface area contributed by atoms with Gasteiger partial charge < -0.3 is 15.5 Å². The van der Waals surface area contributed by atoms with Crippen molar-refractivity contribution >= 4 is 11.7 Å². The fourth-order valence-corrected chi connectivity index (χ4v) is 4.22. The average Bonchev–Trinajstić information content (AvgIpc) is 2.71. The summed E-state index contributed by atoms with van der Waals surface area (Å²) in [6, 6.07) is -0.567. The second kappa shape index (κ2) is 5.54. The third kappa shape index (κ3) is 2.37. The number of carbonyl (C=O) groups is 2. The third-order valence-corrected chi connectivity index (χ3v) is 5.40. The molecule has 120 valence electrons. The number of ketones is 1. The van der Waals surface area contributed by atoms with Crippen molar-refractivity contribution in [2.24, 2.45) is 23.7 Å². The molecule has 0 aromatic rings. The van der Waals surface area contributed by atoms with E-state index in [1.165, 1.54) is 0 Å². The van der Waals surface area contributed by atoms with Crippen LogP contribution >= 0.6 is 0 Å². The molecule has 2 aliphatic carbocycles. The number of nitrogens with one attached hydrogen (secondary N) is 1. The van der Waals surface area contributed by atoms with E-state index in [1.807, 2.05) is 13.0 Å². The topological polar surface area (TPSA) is 86.6 Å². The molecule has 0 spiro atoms. The van der Waals surface area contributed by atoms with Crippen LogP contribution in [0.4, 0.5) is 0 Å². The highest BCUT2D eigenvalue weighted by atomic mass is 16.3. The first kappa shape index (κ1) is 15.3. The second-order valence-electron chi connectivity index (χ2n) is 6.88. The first-order valence-electron chi connectivity index (χ1n) is 8.04. The molecule has 5 heteroatoms. The van der Waals surface area contributed by atoms with Gasteiger partial charge in [-0.15, -0.1) is 0 Å². The van der Waals surface area contributed by atoms with Crippen LogP contribution in [0.2, 0.25) is 0 Å². The first-order valence-corrected chi connectivity index (χ1v) is 8.04. The Bertz CT molecular complexity index is 565. The first-order chi connectivity index (χ1) is 10.4. The molecule has 3 rings (SSSR count). The van der Waals surface area contributed by atoms with Crippen LogP contribution in [-0.4, -0.2) is 34.0 Å². The highest BCUT2D eigenvalue weighted by Gasteiger charge is 2.44. The van der Waals surface area contributed by atoms with Gasteiger partial charge in [0, 0.05) is 5.92 Å². The maximum absolute atomic E-state index is 12.2. The molecule has 1 amide bonds. The summed E-state index contributed by atoms with van der Waals surface area (Å²) in [6.45, 7) is 3.63. The molecule has 3 aliphatic rings. The van der Waals surface area contributed by atoms with E-state index in [2.05, 4.69) is 11.4 Å². The molecule has 0 aromatic carbocycles. The number of carbonyl (C=O) groups excluding carboxylic acids is 2. The van der Waals surface area contributed by atoms with Gasteiger partial charge in [0.15, 0.2) is 5.78 Å². The van der Waals surface area contributed by atoms with E-state index in [0.717, 1.165) is 6.42 Å². The molecule has 5 nitrogen and oxygen atoms in total. The van der Waals surface area contributed by atoms with Crippen molar-refractivity contribution in [3.05, 3.63) is 23.5 Å². The lowest BCUT2D eigenvalue weighted by Crippen LogP contribution is -2.38. The Morgan fingerprint density at radius 3 is 2.59 bits per heavy atom. The molecule has 1 saturated carbocycles. The minimum absolute atomic E-state index is 0.0601. The van der Waals surface area contributed by atoms with Crippen LogP contribution in [0.5, 0.6) is 0 Å². The molecule has 0 unspecified atom stereocenters. The number of rotatable bonds is 1. The maximum Gasteiger partial charge on any atom is 0.259 e. The monoisotopic (exact) mass is 305 g/mol. The molecular formula is C17H23NO4. The van der Waals surface area contributed by atoms with Gasteiger partial charge in [-0.1, -0.05) is 19.1 Å². The van der Waals surface area contributed by atoms with Gasteiger partial charge in [0.2, 0.25) is 0 Å². The minimum Gasteiger partial charge on any atom is -0.511 e. The predicted octanol–water partition coefficient (Wildman–Crippen LogP) is 1.49. The fraction of sp³-hybridized carbons (Fsp3) is 0.647. The summed E-state index contributed by atoms with van der Waals surface area (Å²) in [7, 11) is 0. The van der Waals surface area contributed by atoms with Gasteiger partial charge in [-0.05, 0) is 43.9 Å². The lowest BCUT2D eigenvalue weighted by Gasteiger charge is -2.42. The SMILES string of the molecule is C[C@@H]1NC(=O)/C(=C(/O)[C@H]2[C@@H]3CC[C@H](O)C[C@H]3C=C[C@H]2C)C1=O. The molecule has 2 fully saturated rings. The van der Waals surface area contributed by atoms with Crippen LogP contribution in [0.1, 0.15) is 33.1 Å². The number of hydrogen-bond acceptors (Lipinski definition) is 4. The van der Waals surface area contributed by atoms with Gasteiger partial charge >= 0.3 is 0 Å². The van der Waals surface area contributed by atoms with E-state index in [4.69, 9.17) is 0 Å². The van der Waals surface area contributed by atoms with Crippen molar-refractivity contribution in [3.63, 3.8) is 0 Å². The van der Waals surface area contributed by atoms with Crippen molar-refractivity contribution in [1.82, 2.24) is 5.32 Å². The van der Waals surface area contributed by atoms with Crippen molar-refractivity contribution in [2.45, 2.75) is 45.3 Å². The van der Waals surface area contributed by atoms with E-state index in [-0.39, 0.29) is 46.9 Å². The van der Waals surface area contributed by atoms with Crippen LogP contribution in [0.3, 0.4) is 0 Å². The Kier molecular flexibility index (Phi) is 3.85. The summed E-state index contributed by atoms with van der Waals surface area (Å²) >= 11 is 0. The van der Waals surface area contributed by atoms with E-state index >= 15 is 0 Å². The number of allylic oxidation sites excluding steroid dienone is 3. The zero-order valence-electron chi connectivity index (χ0n) is 13.0. The van der Waals surface area contributed by atoms with Crippen LogP contribution in [0, 0.1) is 23.7 Å². The molecular weight excluding hydrogens is 282 g/mol. The molecule has 1 heterocycles. The maximum atomic E-state index is 12.2. The third-order valence-electron chi connectivity index (χ3n) is 5.40. The fourth-order valence-electron chi connectivity index (χ4n) is 4.22. The van der Waals surface area contributed by atoms with E-state index in [0.29, 0.717) is 12.8 Å². The van der Waals surface area contributed by atoms with Crippen molar-refractivity contribution in [2.75, 3.05) is 0 Å². The standard InChI is InChI=1S/C17H23NO4/c1-8-3-4-10-7-11(19)5-6-12(10)13(8)16(21)14-15(20)9(2)18-17(14)22/h3-4,8-13,19,21H,5-7H2,1-2H3,(H,18,22)/b16-14+/t8-,9+,10-,11+,12-,13-/m1/s1. The molecule has 22 heavy (non-hydrogen) atoms. The van der Waals surface area contributed by atoms with Gasteiger partial charge in [-0.2, -0.15) is 0 Å².